The maximum atomic E-state index is 12.7. The van der Waals surface area contributed by atoms with Crippen molar-refractivity contribution in [1.29, 1.82) is 0 Å². The molecule has 0 saturated carbocycles. The number of carbonyl (C=O) groups is 2. The SMILES string of the molecule is CCCCOc1ccc(CNC(=O)/C(=C/c2ccccc2C)NC(C)=O)cc1OC. The predicted octanol–water partition coefficient (Wildman–Crippen LogP) is 3.98. The molecule has 0 aliphatic heterocycles. The number of hydrogen-bond donors (Lipinski definition) is 2. The molecule has 0 saturated heterocycles. The third-order valence-corrected chi connectivity index (χ3v) is 4.48. The largest absolute Gasteiger partial charge is 0.493 e. The highest BCUT2D eigenvalue weighted by Gasteiger charge is 2.13. The van der Waals surface area contributed by atoms with Crippen LogP contribution in [0.25, 0.3) is 6.08 Å². The number of aryl methyl sites for hydroxylation is 1. The van der Waals surface area contributed by atoms with E-state index in [1.54, 1.807) is 13.2 Å². The highest BCUT2D eigenvalue weighted by Crippen LogP contribution is 2.28. The molecule has 6 nitrogen and oxygen atoms in total. The lowest BCUT2D eigenvalue weighted by atomic mass is 10.1. The van der Waals surface area contributed by atoms with Crippen molar-refractivity contribution >= 4 is 17.9 Å². The van der Waals surface area contributed by atoms with Gasteiger partial charge in [0.1, 0.15) is 5.70 Å². The van der Waals surface area contributed by atoms with Gasteiger partial charge in [-0.1, -0.05) is 43.7 Å². The molecular weight excluding hydrogens is 380 g/mol. The van der Waals surface area contributed by atoms with E-state index in [4.69, 9.17) is 9.47 Å². The molecule has 0 spiro atoms. The molecule has 0 bridgehead atoms. The van der Waals surface area contributed by atoms with Crippen LogP contribution in [0.2, 0.25) is 0 Å². The van der Waals surface area contributed by atoms with Crippen LogP contribution in [-0.4, -0.2) is 25.5 Å². The zero-order valence-corrected chi connectivity index (χ0v) is 18.1. The topological polar surface area (TPSA) is 76.7 Å². The Morgan fingerprint density at radius 2 is 1.87 bits per heavy atom. The van der Waals surface area contributed by atoms with Gasteiger partial charge in [-0.15, -0.1) is 0 Å². The molecular formula is C24H30N2O4. The van der Waals surface area contributed by atoms with Crippen LogP contribution in [0.15, 0.2) is 48.2 Å². The highest BCUT2D eigenvalue weighted by molar-refractivity contribution is 6.01. The number of ether oxygens (including phenoxy) is 2. The van der Waals surface area contributed by atoms with Crippen molar-refractivity contribution in [3.05, 3.63) is 64.9 Å². The normalized spacial score (nSPS) is 11.0. The average molecular weight is 411 g/mol. The Morgan fingerprint density at radius 1 is 1.10 bits per heavy atom. The number of unbranched alkanes of at least 4 members (excludes halogenated alkanes) is 1. The Hall–Kier alpha value is -3.28. The first-order valence-electron chi connectivity index (χ1n) is 10.1. The summed E-state index contributed by atoms with van der Waals surface area (Å²) < 4.78 is 11.1. The lowest BCUT2D eigenvalue weighted by Crippen LogP contribution is -2.33. The number of rotatable bonds is 10. The van der Waals surface area contributed by atoms with Crippen LogP contribution in [-0.2, 0) is 16.1 Å². The monoisotopic (exact) mass is 410 g/mol. The Balaban J connectivity index is 2.11. The van der Waals surface area contributed by atoms with E-state index in [0.29, 0.717) is 18.1 Å². The molecule has 2 N–H and O–H groups in total. The molecule has 0 aliphatic rings. The van der Waals surface area contributed by atoms with E-state index in [0.717, 1.165) is 29.5 Å². The van der Waals surface area contributed by atoms with Crippen molar-refractivity contribution in [1.82, 2.24) is 10.6 Å². The quantitative estimate of drug-likeness (QED) is 0.459. The van der Waals surface area contributed by atoms with E-state index >= 15 is 0 Å². The maximum absolute atomic E-state index is 12.7. The molecule has 6 heteroatoms. The highest BCUT2D eigenvalue weighted by atomic mass is 16.5. The minimum atomic E-state index is -0.365. The van der Waals surface area contributed by atoms with Crippen LogP contribution in [0.5, 0.6) is 11.5 Å². The molecule has 0 aromatic heterocycles. The Bertz CT molecular complexity index is 906. The molecule has 0 atom stereocenters. The summed E-state index contributed by atoms with van der Waals surface area (Å²) in [5, 5.41) is 5.47. The molecule has 0 fully saturated rings. The first-order chi connectivity index (χ1) is 14.4. The smallest absolute Gasteiger partial charge is 0.268 e. The van der Waals surface area contributed by atoms with Gasteiger partial charge in [-0.2, -0.15) is 0 Å². The summed E-state index contributed by atoms with van der Waals surface area (Å²) in [7, 11) is 1.59. The fourth-order valence-corrected chi connectivity index (χ4v) is 2.80. The zero-order valence-electron chi connectivity index (χ0n) is 18.1. The lowest BCUT2D eigenvalue weighted by Gasteiger charge is -2.13. The van der Waals surface area contributed by atoms with Gasteiger partial charge in [0, 0.05) is 13.5 Å². The second-order valence-electron chi connectivity index (χ2n) is 6.97. The molecule has 2 aromatic rings. The van der Waals surface area contributed by atoms with Crippen LogP contribution in [0, 0.1) is 6.92 Å². The van der Waals surface area contributed by atoms with Gasteiger partial charge in [-0.25, -0.2) is 0 Å². The van der Waals surface area contributed by atoms with Gasteiger partial charge in [-0.3, -0.25) is 9.59 Å². The Morgan fingerprint density at radius 3 is 2.53 bits per heavy atom. The predicted molar refractivity (Wildman–Crippen MR) is 118 cm³/mol. The molecule has 0 aliphatic carbocycles. The molecule has 0 heterocycles. The van der Waals surface area contributed by atoms with Gasteiger partial charge in [0.15, 0.2) is 11.5 Å². The van der Waals surface area contributed by atoms with Crippen LogP contribution in [0.1, 0.15) is 43.4 Å². The van der Waals surface area contributed by atoms with E-state index in [9.17, 15) is 9.59 Å². The van der Waals surface area contributed by atoms with E-state index < -0.39 is 0 Å². The number of carbonyl (C=O) groups excluding carboxylic acids is 2. The van der Waals surface area contributed by atoms with Crippen molar-refractivity contribution in [2.24, 2.45) is 0 Å². The van der Waals surface area contributed by atoms with E-state index in [-0.39, 0.29) is 24.1 Å². The minimum Gasteiger partial charge on any atom is -0.493 e. The van der Waals surface area contributed by atoms with Crippen molar-refractivity contribution in [3.8, 4) is 11.5 Å². The summed E-state index contributed by atoms with van der Waals surface area (Å²) in [6.45, 7) is 6.35. The van der Waals surface area contributed by atoms with E-state index in [1.807, 2.05) is 49.4 Å². The Kier molecular flexibility index (Phi) is 8.94. The fraction of sp³-hybridized carbons (Fsp3) is 0.333. The molecule has 2 rings (SSSR count). The van der Waals surface area contributed by atoms with Crippen molar-refractivity contribution < 1.29 is 19.1 Å². The number of benzene rings is 2. The second-order valence-corrected chi connectivity index (χ2v) is 6.97. The molecule has 30 heavy (non-hydrogen) atoms. The van der Waals surface area contributed by atoms with Gasteiger partial charge in [-0.05, 0) is 48.2 Å². The fourth-order valence-electron chi connectivity index (χ4n) is 2.80. The van der Waals surface area contributed by atoms with Crippen LogP contribution < -0.4 is 20.1 Å². The second kappa shape index (κ2) is 11.7. The lowest BCUT2D eigenvalue weighted by molar-refractivity contribution is -0.122. The van der Waals surface area contributed by atoms with Gasteiger partial charge in [0.05, 0.1) is 13.7 Å². The first-order valence-corrected chi connectivity index (χ1v) is 10.1. The van der Waals surface area contributed by atoms with Crippen molar-refractivity contribution in [2.45, 2.75) is 40.2 Å². The van der Waals surface area contributed by atoms with Gasteiger partial charge in [0.25, 0.3) is 5.91 Å². The Labute approximate surface area is 178 Å². The van der Waals surface area contributed by atoms with Crippen molar-refractivity contribution in [2.75, 3.05) is 13.7 Å². The van der Waals surface area contributed by atoms with Crippen LogP contribution >= 0.6 is 0 Å². The van der Waals surface area contributed by atoms with Crippen molar-refractivity contribution in [3.63, 3.8) is 0 Å². The first kappa shape index (κ1) is 23.0. The summed E-state index contributed by atoms with van der Waals surface area (Å²) in [6, 6.07) is 13.2. The van der Waals surface area contributed by atoms with Gasteiger partial charge in [0.2, 0.25) is 5.91 Å². The third-order valence-electron chi connectivity index (χ3n) is 4.48. The van der Waals surface area contributed by atoms with E-state index in [2.05, 4.69) is 17.6 Å². The third kappa shape index (κ3) is 6.95. The number of nitrogens with one attached hydrogen (secondary N) is 2. The zero-order chi connectivity index (χ0) is 21.9. The summed E-state index contributed by atoms with van der Waals surface area (Å²) in [5.41, 5.74) is 2.94. The number of methoxy groups -OCH3 is 1. The molecule has 2 aromatic carbocycles. The summed E-state index contributed by atoms with van der Waals surface area (Å²) in [5.74, 6) is 0.630. The molecule has 0 radical (unpaired) electrons. The van der Waals surface area contributed by atoms with Crippen LogP contribution in [0.4, 0.5) is 0 Å². The van der Waals surface area contributed by atoms with Gasteiger partial charge < -0.3 is 20.1 Å². The number of hydrogen-bond acceptors (Lipinski definition) is 4. The molecule has 2 amide bonds. The standard InChI is InChI=1S/C24H30N2O4/c1-5-6-13-30-22-12-11-19(14-23(22)29-4)16-25-24(28)21(26-18(3)27)15-20-10-8-7-9-17(20)2/h7-12,14-15H,5-6,13,16H2,1-4H3,(H,25,28)(H,26,27)/b21-15-. The summed E-state index contributed by atoms with van der Waals surface area (Å²) in [4.78, 5) is 24.3. The number of amides is 2. The minimum absolute atomic E-state index is 0.197. The van der Waals surface area contributed by atoms with E-state index in [1.165, 1.54) is 6.92 Å². The average Bonchev–Trinajstić information content (AvgIpc) is 2.73. The molecule has 160 valence electrons. The molecule has 0 unspecified atom stereocenters. The maximum Gasteiger partial charge on any atom is 0.268 e. The van der Waals surface area contributed by atoms with Crippen LogP contribution in [0.3, 0.4) is 0 Å². The van der Waals surface area contributed by atoms with Gasteiger partial charge >= 0.3 is 0 Å². The summed E-state index contributed by atoms with van der Waals surface area (Å²) >= 11 is 0. The summed E-state index contributed by atoms with van der Waals surface area (Å²) in [6.07, 6.45) is 3.70.